The Morgan fingerprint density at radius 1 is 0.943 bits per heavy atom. The van der Waals surface area contributed by atoms with Crippen LogP contribution in [0.1, 0.15) is 62.5 Å². The van der Waals surface area contributed by atoms with Crippen molar-refractivity contribution in [1.29, 1.82) is 0 Å². The lowest BCUT2D eigenvalue weighted by molar-refractivity contribution is -0.154. The molecule has 2 aromatic carbocycles. The van der Waals surface area contributed by atoms with Crippen molar-refractivity contribution in [3.05, 3.63) is 59.7 Å². The van der Waals surface area contributed by atoms with Gasteiger partial charge in [0.25, 0.3) is 0 Å². The fraction of sp³-hybridized carbons (Fsp3) is 0.464. The molecule has 0 aromatic heterocycles. The van der Waals surface area contributed by atoms with E-state index in [1.54, 1.807) is 0 Å². The molecule has 4 aliphatic carbocycles. The lowest BCUT2D eigenvalue weighted by Gasteiger charge is -2.53. The van der Waals surface area contributed by atoms with Gasteiger partial charge in [-0.05, 0) is 67.7 Å². The van der Waals surface area contributed by atoms with E-state index in [0.29, 0.717) is 45.1 Å². The molecular weight excluding hydrogens is 444 g/mol. The van der Waals surface area contributed by atoms with Crippen LogP contribution in [0.4, 0.5) is 4.79 Å². The first kappa shape index (κ1) is 23.4. The minimum absolute atomic E-state index is 0.0166. The summed E-state index contributed by atoms with van der Waals surface area (Å²) in [7, 11) is 0. The summed E-state index contributed by atoms with van der Waals surface area (Å²) in [5.74, 6) is -1.03. The number of aliphatic carboxylic acids is 1. The molecule has 7 nitrogen and oxygen atoms in total. The molecule has 35 heavy (non-hydrogen) atoms. The van der Waals surface area contributed by atoms with Gasteiger partial charge in [-0.25, -0.2) is 4.79 Å². The van der Waals surface area contributed by atoms with E-state index in [0.717, 1.165) is 0 Å². The molecule has 0 unspecified atom stereocenters. The lowest BCUT2D eigenvalue weighted by Crippen LogP contribution is -2.60. The summed E-state index contributed by atoms with van der Waals surface area (Å²) < 4.78 is 5.77. The molecule has 6 rings (SSSR count). The number of nitrogens with one attached hydrogen (secondary N) is 1. The SMILES string of the molecule is CCN(CC(=O)O)C(=O)C12CCC(NC(=O)OCC3c4ccccc4-c4ccccc43)(CC1)CC2. The van der Waals surface area contributed by atoms with Gasteiger partial charge in [0.15, 0.2) is 0 Å². The monoisotopic (exact) mass is 476 g/mol. The van der Waals surface area contributed by atoms with E-state index in [2.05, 4.69) is 29.6 Å². The fourth-order valence-electron chi connectivity index (χ4n) is 6.37. The van der Waals surface area contributed by atoms with E-state index in [9.17, 15) is 14.4 Å². The molecule has 3 saturated carbocycles. The third-order valence-electron chi connectivity index (χ3n) is 8.41. The Balaban J connectivity index is 1.20. The standard InChI is InChI=1S/C28H32N2O5/c1-2-30(17-24(31)32)25(33)27-11-14-28(15-12-27,16-13-27)29-26(34)35-18-23-21-9-5-3-7-19(21)20-8-4-6-10-22(20)23/h3-10,23H,2,11-18H2,1H3,(H,29,34)(H,31,32). The predicted octanol–water partition coefficient (Wildman–Crippen LogP) is 4.55. The highest BCUT2D eigenvalue weighted by atomic mass is 16.5. The van der Waals surface area contributed by atoms with Crippen LogP contribution in [-0.2, 0) is 14.3 Å². The van der Waals surface area contributed by atoms with Crippen LogP contribution < -0.4 is 5.32 Å². The normalized spacial score (nSPS) is 24.4. The molecule has 0 saturated heterocycles. The van der Waals surface area contributed by atoms with Gasteiger partial charge in [-0.3, -0.25) is 9.59 Å². The number of nitrogens with zero attached hydrogens (tertiary/aromatic N) is 1. The number of alkyl carbamates (subject to hydrolysis) is 1. The molecule has 2 bridgehead atoms. The van der Waals surface area contributed by atoms with Crippen molar-refractivity contribution < 1.29 is 24.2 Å². The van der Waals surface area contributed by atoms with Crippen molar-refractivity contribution in [2.75, 3.05) is 19.7 Å². The summed E-state index contributed by atoms with van der Waals surface area (Å²) in [5.41, 5.74) is 3.89. The third-order valence-corrected chi connectivity index (χ3v) is 8.41. The molecule has 3 fully saturated rings. The number of hydrogen-bond donors (Lipinski definition) is 2. The van der Waals surface area contributed by atoms with Crippen LogP contribution in [0.25, 0.3) is 11.1 Å². The molecule has 2 N–H and O–H groups in total. The summed E-state index contributed by atoms with van der Waals surface area (Å²) >= 11 is 0. The quantitative estimate of drug-likeness (QED) is 0.611. The van der Waals surface area contributed by atoms with Crippen LogP contribution in [0.3, 0.4) is 0 Å². The van der Waals surface area contributed by atoms with Crippen molar-refractivity contribution >= 4 is 18.0 Å². The molecule has 7 heteroatoms. The first-order valence-electron chi connectivity index (χ1n) is 12.5. The van der Waals surface area contributed by atoms with Crippen LogP contribution in [0.15, 0.2) is 48.5 Å². The number of rotatable bonds is 7. The highest BCUT2D eigenvalue weighted by Crippen LogP contribution is 2.53. The van der Waals surface area contributed by atoms with E-state index >= 15 is 0 Å². The number of fused-ring (bicyclic) bond motifs is 6. The van der Waals surface area contributed by atoms with E-state index in [4.69, 9.17) is 9.84 Å². The largest absolute Gasteiger partial charge is 0.480 e. The van der Waals surface area contributed by atoms with Gasteiger partial charge in [-0.2, -0.15) is 0 Å². The van der Waals surface area contributed by atoms with E-state index in [-0.39, 0.29) is 30.5 Å². The highest BCUT2D eigenvalue weighted by Gasteiger charge is 2.54. The van der Waals surface area contributed by atoms with E-state index in [1.807, 2.05) is 31.2 Å². The number of carboxylic acid groups (broad SMARTS) is 1. The Morgan fingerprint density at radius 3 is 2.00 bits per heavy atom. The zero-order valence-electron chi connectivity index (χ0n) is 20.1. The van der Waals surface area contributed by atoms with E-state index in [1.165, 1.54) is 27.2 Å². The summed E-state index contributed by atoms with van der Waals surface area (Å²) in [4.78, 5) is 38.7. The topological polar surface area (TPSA) is 95.9 Å². The molecule has 4 aliphatic rings. The van der Waals surface area contributed by atoms with Crippen molar-refractivity contribution in [2.45, 2.75) is 56.9 Å². The molecule has 0 atom stereocenters. The number of amides is 2. The molecule has 2 aromatic rings. The van der Waals surface area contributed by atoms with Gasteiger partial charge >= 0.3 is 12.1 Å². The van der Waals surface area contributed by atoms with Crippen LogP contribution in [0.5, 0.6) is 0 Å². The molecule has 184 valence electrons. The van der Waals surface area contributed by atoms with Crippen LogP contribution in [-0.4, -0.2) is 53.2 Å². The molecule has 0 spiro atoms. The van der Waals surface area contributed by atoms with Gasteiger partial charge in [0.05, 0.1) is 0 Å². The van der Waals surface area contributed by atoms with Crippen LogP contribution >= 0.6 is 0 Å². The maximum Gasteiger partial charge on any atom is 0.407 e. The predicted molar refractivity (Wildman–Crippen MR) is 131 cm³/mol. The molecule has 2 amide bonds. The Kier molecular flexibility index (Phi) is 6.03. The third kappa shape index (κ3) is 4.17. The highest BCUT2D eigenvalue weighted by molar-refractivity contribution is 5.86. The van der Waals surface area contributed by atoms with Crippen molar-refractivity contribution in [2.24, 2.45) is 5.41 Å². The van der Waals surface area contributed by atoms with Gasteiger partial charge in [-0.1, -0.05) is 48.5 Å². The Labute approximate surface area is 205 Å². The summed E-state index contributed by atoms with van der Waals surface area (Å²) in [6.45, 7) is 2.21. The molecular formula is C28H32N2O5. The van der Waals surface area contributed by atoms with Gasteiger partial charge in [0.2, 0.25) is 5.91 Å². The summed E-state index contributed by atoms with van der Waals surface area (Å²) in [5, 5.41) is 12.3. The second kappa shape index (κ2) is 9.02. The zero-order chi connectivity index (χ0) is 24.6. The average Bonchev–Trinajstić information content (AvgIpc) is 3.20. The van der Waals surface area contributed by atoms with Crippen molar-refractivity contribution in [3.63, 3.8) is 0 Å². The number of carbonyl (C=O) groups is 3. The number of carbonyl (C=O) groups excluding carboxylic acids is 2. The summed E-state index contributed by atoms with van der Waals surface area (Å²) in [6.07, 6.45) is 3.67. The summed E-state index contributed by atoms with van der Waals surface area (Å²) in [6, 6.07) is 16.5. The lowest BCUT2D eigenvalue weighted by atomic mass is 9.56. The second-order valence-corrected chi connectivity index (χ2v) is 10.2. The minimum Gasteiger partial charge on any atom is -0.480 e. The van der Waals surface area contributed by atoms with Gasteiger partial charge in [0.1, 0.15) is 13.2 Å². The molecule has 0 radical (unpaired) electrons. The first-order chi connectivity index (χ1) is 16.9. The Hall–Kier alpha value is -3.35. The Morgan fingerprint density at radius 2 is 1.49 bits per heavy atom. The Bertz CT molecular complexity index is 1090. The van der Waals surface area contributed by atoms with Crippen LogP contribution in [0, 0.1) is 5.41 Å². The number of ether oxygens (including phenoxy) is 1. The smallest absolute Gasteiger partial charge is 0.407 e. The average molecular weight is 477 g/mol. The molecule has 0 heterocycles. The number of benzene rings is 2. The number of likely N-dealkylation sites (N-methyl/N-ethyl adjacent to an activating group) is 1. The van der Waals surface area contributed by atoms with Crippen molar-refractivity contribution in [1.82, 2.24) is 10.2 Å². The van der Waals surface area contributed by atoms with Crippen LogP contribution in [0.2, 0.25) is 0 Å². The van der Waals surface area contributed by atoms with Crippen molar-refractivity contribution in [3.8, 4) is 11.1 Å². The second-order valence-electron chi connectivity index (χ2n) is 10.2. The van der Waals surface area contributed by atoms with E-state index < -0.39 is 17.5 Å². The molecule has 0 aliphatic heterocycles. The fourth-order valence-corrected chi connectivity index (χ4v) is 6.37. The van der Waals surface area contributed by atoms with Gasteiger partial charge in [-0.15, -0.1) is 0 Å². The number of carboxylic acids is 1. The van der Waals surface area contributed by atoms with Gasteiger partial charge in [0, 0.05) is 23.4 Å². The van der Waals surface area contributed by atoms with Gasteiger partial charge < -0.3 is 20.1 Å². The minimum atomic E-state index is -0.991. The maximum atomic E-state index is 13.2. The maximum absolute atomic E-state index is 13.2. The number of hydrogen-bond acceptors (Lipinski definition) is 4. The first-order valence-corrected chi connectivity index (χ1v) is 12.5. The zero-order valence-corrected chi connectivity index (χ0v) is 20.1.